The van der Waals surface area contributed by atoms with Crippen LogP contribution in [0.1, 0.15) is 43.5 Å². The molecular formula is C12H21N3O. The normalized spacial score (nSPS) is 27.2. The van der Waals surface area contributed by atoms with E-state index in [1.807, 2.05) is 13.1 Å². The minimum Gasteiger partial charge on any atom is -0.393 e. The van der Waals surface area contributed by atoms with Crippen LogP contribution in [0.3, 0.4) is 0 Å². The maximum absolute atomic E-state index is 9.73. The van der Waals surface area contributed by atoms with Crippen molar-refractivity contribution in [2.75, 3.05) is 6.54 Å². The highest BCUT2D eigenvalue weighted by Crippen LogP contribution is 2.25. The van der Waals surface area contributed by atoms with Gasteiger partial charge in [-0.25, -0.2) is 0 Å². The zero-order chi connectivity index (χ0) is 11.5. The lowest BCUT2D eigenvalue weighted by atomic mass is 10.0. The molecule has 3 atom stereocenters. The van der Waals surface area contributed by atoms with E-state index < -0.39 is 0 Å². The molecule has 2 rings (SSSR count). The molecule has 1 fully saturated rings. The number of aliphatic hydroxyl groups is 1. The van der Waals surface area contributed by atoms with E-state index in [9.17, 15) is 5.11 Å². The van der Waals surface area contributed by atoms with Gasteiger partial charge in [0.1, 0.15) is 0 Å². The molecule has 4 heteroatoms. The molecule has 0 spiro atoms. The third kappa shape index (κ3) is 2.44. The Morgan fingerprint density at radius 3 is 3.00 bits per heavy atom. The second-order valence-electron chi connectivity index (χ2n) is 4.84. The Morgan fingerprint density at radius 2 is 2.44 bits per heavy atom. The van der Waals surface area contributed by atoms with Crippen LogP contribution in [0.25, 0.3) is 0 Å². The van der Waals surface area contributed by atoms with Crippen LogP contribution >= 0.6 is 0 Å². The van der Waals surface area contributed by atoms with Gasteiger partial charge in [-0.3, -0.25) is 5.10 Å². The summed E-state index contributed by atoms with van der Waals surface area (Å²) in [5.74, 6) is 0.426. The summed E-state index contributed by atoms with van der Waals surface area (Å²) < 4.78 is 0. The fourth-order valence-corrected chi connectivity index (χ4v) is 2.49. The van der Waals surface area contributed by atoms with E-state index in [1.54, 1.807) is 0 Å². The fraction of sp³-hybridized carbons (Fsp3) is 0.750. The van der Waals surface area contributed by atoms with Gasteiger partial charge in [0, 0.05) is 23.8 Å². The van der Waals surface area contributed by atoms with Crippen LogP contribution in [0.5, 0.6) is 0 Å². The van der Waals surface area contributed by atoms with Gasteiger partial charge in [-0.15, -0.1) is 0 Å². The van der Waals surface area contributed by atoms with Gasteiger partial charge in [0.2, 0.25) is 0 Å². The second kappa shape index (κ2) is 4.97. The van der Waals surface area contributed by atoms with Crippen molar-refractivity contribution < 1.29 is 5.11 Å². The average molecular weight is 223 g/mol. The lowest BCUT2D eigenvalue weighted by Crippen LogP contribution is -2.29. The van der Waals surface area contributed by atoms with Gasteiger partial charge in [-0.05, 0) is 32.6 Å². The molecule has 1 aliphatic rings. The SMILES string of the molecule is Cc1[nH]ncc1C(C)NCC1CCCC1O. The van der Waals surface area contributed by atoms with Crippen molar-refractivity contribution >= 4 is 0 Å². The van der Waals surface area contributed by atoms with E-state index in [0.717, 1.165) is 31.5 Å². The number of aliphatic hydroxyl groups excluding tert-OH is 1. The molecule has 0 aromatic carbocycles. The Labute approximate surface area is 96.5 Å². The van der Waals surface area contributed by atoms with Gasteiger partial charge in [-0.1, -0.05) is 6.42 Å². The van der Waals surface area contributed by atoms with Crippen molar-refractivity contribution in [3.63, 3.8) is 0 Å². The summed E-state index contributed by atoms with van der Waals surface area (Å²) in [5.41, 5.74) is 2.33. The number of aromatic amines is 1. The zero-order valence-electron chi connectivity index (χ0n) is 10.0. The summed E-state index contributed by atoms with van der Waals surface area (Å²) in [5, 5.41) is 20.2. The fourth-order valence-electron chi connectivity index (χ4n) is 2.49. The maximum atomic E-state index is 9.73. The average Bonchev–Trinajstić information content (AvgIpc) is 2.84. The number of H-pyrrole nitrogens is 1. The van der Waals surface area contributed by atoms with E-state index in [0.29, 0.717) is 12.0 Å². The lowest BCUT2D eigenvalue weighted by molar-refractivity contribution is 0.130. The van der Waals surface area contributed by atoms with Crippen LogP contribution in [-0.4, -0.2) is 28.0 Å². The molecule has 1 saturated carbocycles. The van der Waals surface area contributed by atoms with E-state index in [-0.39, 0.29) is 6.10 Å². The van der Waals surface area contributed by atoms with Crippen LogP contribution in [0.2, 0.25) is 0 Å². The molecule has 1 aliphatic carbocycles. The first-order valence-electron chi connectivity index (χ1n) is 6.10. The number of nitrogens with zero attached hydrogens (tertiary/aromatic N) is 1. The summed E-state index contributed by atoms with van der Waals surface area (Å²) in [4.78, 5) is 0. The van der Waals surface area contributed by atoms with Crippen LogP contribution in [0, 0.1) is 12.8 Å². The first-order chi connectivity index (χ1) is 7.68. The van der Waals surface area contributed by atoms with Crippen molar-refractivity contribution in [3.05, 3.63) is 17.5 Å². The number of aryl methyl sites for hydroxylation is 1. The van der Waals surface area contributed by atoms with Gasteiger partial charge in [-0.2, -0.15) is 5.10 Å². The zero-order valence-corrected chi connectivity index (χ0v) is 10.0. The first kappa shape index (κ1) is 11.6. The van der Waals surface area contributed by atoms with Crippen molar-refractivity contribution in [2.24, 2.45) is 5.92 Å². The maximum Gasteiger partial charge on any atom is 0.0580 e. The Kier molecular flexibility index (Phi) is 3.61. The highest BCUT2D eigenvalue weighted by atomic mass is 16.3. The Hall–Kier alpha value is -0.870. The Balaban J connectivity index is 1.84. The summed E-state index contributed by atoms with van der Waals surface area (Å²) in [7, 11) is 0. The highest BCUT2D eigenvalue weighted by Gasteiger charge is 2.25. The molecule has 90 valence electrons. The van der Waals surface area contributed by atoms with Crippen LogP contribution < -0.4 is 5.32 Å². The van der Waals surface area contributed by atoms with Crippen LogP contribution in [0.15, 0.2) is 6.20 Å². The molecule has 3 unspecified atom stereocenters. The first-order valence-corrected chi connectivity index (χ1v) is 6.10. The number of hydrogen-bond acceptors (Lipinski definition) is 3. The minimum absolute atomic E-state index is 0.106. The van der Waals surface area contributed by atoms with Gasteiger partial charge in [0.25, 0.3) is 0 Å². The summed E-state index contributed by atoms with van der Waals surface area (Å²) in [6.45, 7) is 5.07. The van der Waals surface area contributed by atoms with E-state index in [4.69, 9.17) is 0 Å². The van der Waals surface area contributed by atoms with E-state index >= 15 is 0 Å². The number of aromatic nitrogens is 2. The Bertz CT molecular complexity index is 337. The number of rotatable bonds is 4. The molecule has 1 aromatic rings. The van der Waals surface area contributed by atoms with Crippen molar-refractivity contribution in [3.8, 4) is 0 Å². The molecule has 4 nitrogen and oxygen atoms in total. The van der Waals surface area contributed by atoms with Crippen molar-refractivity contribution in [1.82, 2.24) is 15.5 Å². The highest BCUT2D eigenvalue weighted by molar-refractivity contribution is 5.18. The predicted octanol–water partition coefficient (Wildman–Crippen LogP) is 1.53. The Morgan fingerprint density at radius 1 is 1.62 bits per heavy atom. The summed E-state index contributed by atoms with van der Waals surface area (Å²) >= 11 is 0. The smallest absolute Gasteiger partial charge is 0.0580 e. The molecule has 0 radical (unpaired) electrons. The van der Waals surface area contributed by atoms with Gasteiger partial charge in [0.05, 0.1) is 12.3 Å². The monoisotopic (exact) mass is 223 g/mol. The second-order valence-corrected chi connectivity index (χ2v) is 4.84. The van der Waals surface area contributed by atoms with E-state index in [2.05, 4.69) is 22.4 Å². The van der Waals surface area contributed by atoms with Gasteiger partial charge < -0.3 is 10.4 Å². The quantitative estimate of drug-likeness (QED) is 0.725. The van der Waals surface area contributed by atoms with Crippen LogP contribution in [-0.2, 0) is 0 Å². The summed E-state index contributed by atoms with van der Waals surface area (Å²) in [6, 6.07) is 0.298. The molecule has 1 aromatic heterocycles. The van der Waals surface area contributed by atoms with Gasteiger partial charge in [0.15, 0.2) is 0 Å². The lowest BCUT2D eigenvalue weighted by Gasteiger charge is -2.19. The van der Waals surface area contributed by atoms with Gasteiger partial charge >= 0.3 is 0 Å². The molecule has 0 saturated heterocycles. The van der Waals surface area contributed by atoms with Crippen LogP contribution in [0.4, 0.5) is 0 Å². The number of nitrogens with one attached hydrogen (secondary N) is 2. The van der Waals surface area contributed by atoms with E-state index in [1.165, 1.54) is 5.56 Å². The molecular weight excluding hydrogens is 202 g/mol. The summed E-state index contributed by atoms with van der Waals surface area (Å²) in [6.07, 6.45) is 5.03. The molecule has 16 heavy (non-hydrogen) atoms. The molecule has 0 bridgehead atoms. The van der Waals surface area contributed by atoms with Crippen molar-refractivity contribution in [2.45, 2.75) is 45.3 Å². The van der Waals surface area contributed by atoms with Crippen molar-refractivity contribution in [1.29, 1.82) is 0 Å². The third-order valence-corrected chi connectivity index (χ3v) is 3.64. The minimum atomic E-state index is -0.106. The standard InChI is InChI=1S/C12H21N3O/c1-8(11-7-14-15-9(11)2)13-6-10-4-3-5-12(10)16/h7-8,10,12-13,16H,3-6H2,1-2H3,(H,14,15). The predicted molar refractivity (Wildman–Crippen MR) is 63.1 cm³/mol. The molecule has 3 N–H and O–H groups in total. The topological polar surface area (TPSA) is 60.9 Å². The number of hydrogen-bond donors (Lipinski definition) is 3. The molecule has 0 aliphatic heterocycles. The molecule has 1 heterocycles. The molecule has 0 amide bonds. The largest absolute Gasteiger partial charge is 0.393 e. The third-order valence-electron chi connectivity index (χ3n) is 3.64.